The zero-order valence-corrected chi connectivity index (χ0v) is 8.92. The van der Waals surface area contributed by atoms with Crippen LogP contribution in [0.2, 0.25) is 0 Å². The molecule has 0 atom stereocenters. The maximum absolute atomic E-state index is 9.55. The van der Waals surface area contributed by atoms with Crippen molar-refractivity contribution in [2.75, 3.05) is 0 Å². The van der Waals surface area contributed by atoms with Gasteiger partial charge in [-0.25, -0.2) is 0 Å². The van der Waals surface area contributed by atoms with E-state index in [1.165, 1.54) is 12.1 Å². The van der Waals surface area contributed by atoms with Gasteiger partial charge in [-0.05, 0) is 6.07 Å². The number of phenolic OH excluding ortho intramolecular Hbond substituents is 3. The van der Waals surface area contributed by atoms with E-state index in [4.69, 9.17) is 9.63 Å². The lowest BCUT2D eigenvalue weighted by atomic mass is 10.1. The van der Waals surface area contributed by atoms with Gasteiger partial charge in [0.05, 0.1) is 12.7 Å². The van der Waals surface area contributed by atoms with Gasteiger partial charge in [-0.3, -0.25) is 0 Å². The maximum Gasteiger partial charge on any atom is 0.200 e. The molecule has 0 unspecified atom stereocenters. The molecule has 0 saturated heterocycles. The third-order valence-corrected chi connectivity index (χ3v) is 2.32. The van der Waals surface area contributed by atoms with Crippen LogP contribution in [0.4, 0.5) is 0 Å². The smallest absolute Gasteiger partial charge is 0.200 e. The van der Waals surface area contributed by atoms with E-state index < -0.39 is 5.75 Å². The van der Waals surface area contributed by atoms with Gasteiger partial charge in [0, 0.05) is 18.2 Å². The molecule has 0 aliphatic carbocycles. The van der Waals surface area contributed by atoms with Gasteiger partial charge in [-0.2, -0.15) is 0 Å². The number of rotatable bonds is 4. The van der Waals surface area contributed by atoms with Gasteiger partial charge in [0.1, 0.15) is 5.76 Å². The molecule has 1 aromatic carbocycles. The number of nitrogens with zero attached hydrogens (tertiary/aromatic N) is 1. The summed E-state index contributed by atoms with van der Waals surface area (Å²) < 4.78 is 4.88. The van der Waals surface area contributed by atoms with Crippen molar-refractivity contribution in [3.63, 3.8) is 0 Å². The average Bonchev–Trinajstić information content (AvgIpc) is 2.82. The summed E-state index contributed by atoms with van der Waals surface area (Å²) in [6, 6.07) is 4.57. The summed E-state index contributed by atoms with van der Waals surface area (Å²) in [6.45, 7) is 0.793. The summed E-state index contributed by atoms with van der Waals surface area (Å²) in [4.78, 5) is 0. The second-order valence-corrected chi connectivity index (χ2v) is 3.52. The molecule has 6 heteroatoms. The van der Waals surface area contributed by atoms with Crippen LogP contribution in [0.1, 0.15) is 11.3 Å². The SMILES string of the molecule is Oc1ccc(CNCc2ccno2)c(O)c1O. The molecule has 90 valence electrons. The molecule has 6 nitrogen and oxygen atoms in total. The molecule has 0 aliphatic heterocycles. The van der Waals surface area contributed by atoms with Crippen molar-refractivity contribution in [3.05, 3.63) is 35.7 Å². The quantitative estimate of drug-likeness (QED) is 0.593. The van der Waals surface area contributed by atoms with E-state index in [-0.39, 0.29) is 11.5 Å². The van der Waals surface area contributed by atoms with E-state index in [0.29, 0.717) is 24.4 Å². The first-order valence-electron chi connectivity index (χ1n) is 5.01. The number of hydrogen-bond donors (Lipinski definition) is 4. The molecular weight excluding hydrogens is 224 g/mol. The number of phenols is 3. The molecule has 0 aliphatic rings. The van der Waals surface area contributed by atoms with Gasteiger partial charge in [0.15, 0.2) is 11.5 Å². The van der Waals surface area contributed by atoms with Crippen LogP contribution < -0.4 is 5.32 Å². The van der Waals surface area contributed by atoms with Crippen molar-refractivity contribution in [1.29, 1.82) is 0 Å². The van der Waals surface area contributed by atoms with Crippen LogP contribution in [0, 0.1) is 0 Å². The maximum atomic E-state index is 9.55. The molecule has 1 aromatic heterocycles. The number of aromatic nitrogens is 1. The number of aromatic hydroxyl groups is 3. The first-order chi connectivity index (χ1) is 8.18. The Bertz CT molecular complexity index is 496. The van der Waals surface area contributed by atoms with Crippen LogP contribution in [0.5, 0.6) is 17.2 Å². The lowest BCUT2D eigenvalue weighted by molar-refractivity contribution is 0.360. The Labute approximate surface area is 97.1 Å². The number of nitrogens with one attached hydrogen (secondary N) is 1. The molecule has 0 bridgehead atoms. The van der Waals surface area contributed by atoms with Crippen LogP contribution in [0.15, 0.2) is 28.9 Å². The molecule has 0 spiro atoms. The molecule has 0 radical (unpaired) electrons. The fraction of sp³-hybridized carbons (Fsp3) is 0.182. The van der Waals surface area contributed by atoms with E-state index in [0.717, 1.165) is 0 Å². The standard InChI is InChI=1S/C11H12N2O4/c14-9-2-1-7(10(15)11(9)16)5-12-6-8-3-4-13-17-8/h1-4,12,14-16H,5-6H2. The van der Waals surface area contributed by atoms with Gasteiger partial charge in [-0.1, -0.05) is 11.2 Å². The molecule has 0 saturated carbocycles. The molecule has 1 heterocycles. The molecule has 0 amide bonds. The summed E-state index contributed by atoms with van der Waals surface area (Å²) >= 11 is 0. The fourth-order valence-corrected chi connectivity index (χ4v) is 1.41. The molecule has 0 fully saturated rings. The van der Waals surface area contributed by atoms with Gasteiger partial charge in [-0.15, -0.1) is 0 Å². The van der Waals surface area contributed by atoms with Gasteiger partial charge in [0.25, 0.3) is 0 Å². The lowest BCUT2D eigenvalue weighted by Crippen LogP contribution is -2.12. The van der Waals surface area contributed by atoms with Crippen LogP contribution in [-0.4, -0.2) is 20.5 Å². The molecular formula is C11H12N2O4. The Kier molecular flexibility index (Phi) is 3.15. The van der Waals surface area contributed by atoms with Gasteiger partial charge in [0.2, 0.25) is 5.75 Å². The predicted octanol–water partition coefficient (Wildman–Crippen LogP) is 1.08. The number of benzene rings is 1. The molecule has 2 rings (SSSR count). The summed E-state index contributed by atoms with van der Waals surface area (Å²) in [6.07, 6.45) is 1.54. The van der Waals surface area contributed by atoms with Crippen molar-refractivity contribution in [3.8, 4) is 17.2 Å². The van der Waals surface area contributed by atoms with E-state index in [1.807, 2.05) is 0 Å². The lowest BCUT2D eigenvalue weighted by Gasteiger charge is -2.07. The highest BCUT2D eigenvalue weighted by Crippen LogP contribution is 2.36. The van der Waals surface area contributed by atoms with Crippen molar-refractivity contribution >= 4 is 0 Å². The minimum absolute atomic E-state index is 0.324. The average molecular weight is 236 g/mol. The van der Waals surface area contributed by atoms with E-state index in [1.54, 1.807) is 12.3 Å². The van der Waals surface area contributed by atoms with Crippen molar-refractivity contribution in [2.24, 2.45) is 0 Å². The Morgan fingerprint density at radius 3 is 2.59 bits per heavy atom. The Morgan fingerprint density at radius 2 is 1.88 bits per heavy atom. The Morgan fingerprint density at radius 1 is 1.06 bits per heavy atom. The summed E-state index contributed by atoms with van der Waals surface area (Å²) in [7, 11) is 0. The Balaban J connectivity index is 1.97. The first-order valence-corrected chi connectivity index (χ1v) is 5.01. The third kappa shape index (κ3) is 2.48. The van der Waals surface area contributed by atoms with Crippen molar-refractivity contribution in [2.45, 2.75) is 13.1 Å². The summed E-state index contributed by atoms with van der Waals surface area (Å²) in [5.41, 5.74) is 0.486. The van der Waals surface area contributed by atoms with Crippen LogP contribution >= 0.6 is 0 Å². The van der Waals surface area contributed by atoms with E-state index >= 15 is 0 Å². The zero-order chi connectivity index (χ0) is 12.3. The first kappa shape index (κ1) is 11.3. The summed E-state index contributed by atoms with van der Waals surface area (Å²) in [5.74, 6) is -0.506. The topological polar surface area (TPSA) is 98.8 Å². The fourth-order valence-electron chi connectivity index (χ4n) is 1.41. The highest BCUT2D eigenvalue weighted by molar-refractivity contribution is 5.52. The minimum atomic E-state index is -0.510. The van der Waals surface area contributed by atoms with Crippen LogP contribution in [-0.2, 0) is 13.1 Å². The normalized spacial score (nSPS) is 10.6. The van der Waals surface area contributed by atoms with Crippen molar-refractivity contribution in [1.82, 2.24) is 10.5 Å². The van der Waals surface area contributed by atoms with Crippen LogP contribution in [0.3, 0.4) is 0 Å². The minimum Gasteiger partial charge on any atom is -0.504 e. The van der Waals surface area contributed by atoms with E-state index in [2.05, 4.69) is 10.5 Å². The summed E-state index contributed by atoms with van der Waals surface area (Å²) in [5, 5.41) is 34.6. The number of hydrogen-bond acceptors (Lipinski definition) is 6. The van der Waals surface area contributed by atoms with Gasteiger partial charge >= 0.3 is 0 Å². The van der Waals surface area contributed by atoms with E-state index in [9.17, 15) is 10.2 Å². The second-order valence-electron chi connectivity index (χ2n) is 3.52. The van der Waals surface area contributed by atoms with Gasteiger partial charge < -0.3 is 25.2 Å². The Hall–Kier alpha value is -2.21. The monoisotopic (exact) mass is 236 g/mol. The molecule has 2 aromatic rings. The third-order valence-electron chi connectivity index (χ3n) is 2.32. The highest BCUT2D eigenvalue weighted by atomic mass is 16.5. The van der Waals surface area contributed by atoms with Crippen LogP contribution in [0.25, 0.3) is 0 Å². The van der Waals surface area contributed by atoms with Crippen molar-refractivity contribution < 1.29 is 19.8 Å². The highest BCUT2D eigenvalue weighted by Gasteiger charge is 2.10. The molecule has 17 heavy (non-hydrogen) atoms. The second kappa shape index (κ2) is 4.75. The molecule has 4 N–H and O–H groups in total. The predicted molar refractivity (Wildman–Crippen MR) is 58.5 cm³/mol. The largest absolute Gasteiger partial charge is 0.504 e. The zero-order valence-electron chi connectivity index (χ0n) is 8.92.